The predicted molar refractivity (Wildman–Crippen MR) is 131 cm³/mol. The number of rotatable bonds is 8. The number of Topliss-reactive ketones (excluding diaryl/α,β-unsaturated/α-hetero) is 1. The summed E-state index contributed by atoms with van der Waals surface area (Å²) < 4.78 is 21.7. The van der Waals surface area contributed by atoms with Gasteiger partial charge in [0, 0.05) is 24.5 Å². The number of likely N-dealkylation sites (tertiary alicyclic amines) is 1. The van der Waals surface area contributed by atoms with Gasteiger partial charge in [0.05, 0.1) is 40.1 Å². The van der Waals surface area contributed by atoms with Gasteiger partial charge in [-0.25, -0.2) is 0 Å². The summed E-state index contributed by atoms with van der Waals surface area (Å²) in [5, 5.41) is 11.3. The molecular weight excluding hydrogens is 464 g/mol. The van der Waals surface area contributed by atoms with Crippen LogP contribution in [0.4, 0.5) is 0 Å². The Morgan fingerprint density at radius 1 is 0.917 bits per heavy atom. The van der Waals surface area contributed by atoms with Crippen LogP contribution in [0.15, 0.2) is 66.5 Å². The summed E-state index contributed by atoms with van der Waals surface area (Å²) in [6.45, 7) is 0.114. The molecule has 1 saturated heterocycles. The highest BCUT2D eigenvalue weighted by Crippen LogP contribution is 2.46. The number of hydrogen-bond acceptors (Lipinski definition) is 8. The summed E-state index contributed by atoms with van der Waals surface area (Å²) >= 11 is 0. The van der Waals surface area contributed by atoms with Crippen molar-refractivity contribution in [3.63, 3.8) is 0 Å². The minimum absolute atomic E-state index is 0.0587. The van der Waals surface area contributed by atoms with Gasteiger partial charge in [0.15, 0.2) is 11.5 Å². The molecule has 1 aliphatic heterocycles. The zero-order chi connectivity index (χ0) is 25.8. The number of carbonyl (C=O) groups excluding carboxylic acids is 2. The van der Waals surface area contributed by atoms with E-state index in [1.54, 1.807) is 60.9 Å². The molecule has 1 unspecified atom stereocenters. The number of benzene rings is 2. The monoisotopic (exact) mass is 490 g/mol. The van der Waals surface area contributed by atoms with Crippen molar-refractivity contribution in [3.8, 4) is 23.0 Å². The van der Waals surface area contributed by atoms with Crippen LogP contribution in [0.1, 0.15) is 22.7 Å². The first-order valence-corrected chi connectivity index (χ1v) is 11.0. The maximum atomic E-state index is 13.4. The van der Waals surface area contributed by atoms with Crippen LogP contribution in [0.25, 0.3) is 5.76 Å². The van der Waals surface area contributed by atoms with E-state index in [4.69, 9.17) is 18.9 Å². The molecule has 2 aromatic carbocycles. The third-order valence-corrected chi connectivity index (χ3v) is 5.99. The van der Waals surface area contributed by atoms with E-state index in [9.17, 15) is 14.7 Å². The molecule has 1 aliphatic rings. The molecule has 0 aliphatic carbocycles. The molecule has 1 aromatic heterocycles. The molecule has 0 saturated carbocycles. The fourth-order valence-corrected chi connectivity index (χ4v) is 4.26. The van der Waals surface area contributed by atoms with Crippen molar-refractivity contribution in [1.29, 1.82) is 0 Å². The number of ether oxygens (including phenoxy) is 4. The average molecular weight is 491 g/mol. The smallest absolute Gasteiger partial charge is 0.295 e. The Kier molecular flexibility index (Phi) is 7.10. The highest BCUT2D eigenvalue weighted by Gasteiger charge is 2.46. The maximum absolute atomic E-state index is 13.4. The van der Waals surface area contributed by atoms with Gasteiger partial charge in [-0.2, -0.15) is 0 Å². The molecule has 9 nitrogen and oxygen atoms in total. The molecule has 1 amide bonds. The molecule has 186 valence electrons. The Morgan fingerprint density at radius 2 is 1.58 bits per heavy atom. The molecule has 1 N–H and O–H groups in total. The number of pyridine rings is 1. The van der Waals surface area contributed by atoms with E-state index in [2.05, 4.69) is 4.98 Å². The van der Waals surface area contributed by atoms with Gasteiger partial charge in [0.25, 0.3) is 11.7 Å². The summed E-state index contributed by atoms with van der Waals surface area (Å²) in [6, 6.07) is 12.6. The van der Waals surface area contributed by atoms with E-state index < -0.39 is 17.7 Å². The number of nitrogens with zero attached hydrogens (tertiary/aromatic N) is 2. The quantitative estimate of drug-likeness (QED) is 0.289. The van der Waals surface area contributed by atoms with Crippen molar-refractivity contribution in [2.75, 3.05) is 28.4 Å². The van der Waals surface area contributed by atoms with Crippen molar-refractivity contribution in [3.05, 3.63) is 83.2 Å². The second kappa shape index (κ2) is 10.4. The zero-order valence-electron chi connectivity index (χ0n) is 20.3. The first-order chi connectivity index (χ1) is 17.4. The van der Waals surface area contributed by atoms with Crippen LogP contribution in [-0.4, -0.2) is 55.1 Å². The summed E-state index contributed by atoms with van der Waals surface area (Å²) in [4.78, 5) is 32.1. The number of aromatic nitrogens is 1. The van der Waals surface area contributed by atoms with Crippen molar-refractivity contribution in [2.24, 2.45) is 0 Å². The SMILES string of the molecule is COc1cccc(/C(O)=C2\C(=O)C(=O)N(Cc3ccncc3)C2c2cc(OC)c(OC)c(OC)c2)c1. The van der Waals surface area contributed by atoms with Gasteiger partial charge < -0.3 is 29.0 Å². The Hall–Kier alpha value is -4.53. The van der Waals surface area contributed by atoms with Crippen LogP contribution >= 0.6 is 0 Å². The molecule has 1 fully saturated rings. The van der Waals surface area contributed by atoms with Crippen LogP contribution in [-0.2, 0) is 16.1 Å². The summed E-state index contributed by atoms with van der Waals surface area (Å²) in [5.74, 6) is -0.302. The van der Waals surface area contributed by atoms with E-state index in [0.717, 1.165) is 5.56 Å². The second-order valence-electron chi connectivity index (χ2n) is 7.97. The second-order valence-corrected chi connectivity index (χ2v) is 7.97. The van der Waals surface area contributed by atoms with Crippen LogP contribution in [0.5, 0.6) is 23.0 Å². The molecule has 0 bridgehead atoms. The number of aliphatic hydroxyl groups is 1. The minimum atomic E-state index is -0.932. The minimum Gasteiger partial charge on any atom is -0.507 e. The topological polar surface area (TPSA) is 107 Å². The van der Waals surface area contributed by atoms with E-state index in [-0.39, 0.29) is 17.9 Å². The van der Waals surface area contributed by atoms with E-state index >= 15 is 0 Å². The lowest BCUT2D eigenvalue weighted by atomic mass is 9.94. The lowest BCUT2D eigenvalue weighted by Crippen LogP contribution is -2.29. The number of amides is 1. The van der Waals surface area contributed by atoms with E-state index in [1.165, 1.54) is 33.3 Å². The molecule has 0 spiro atoms. The third-order valence-electron chi connectivity index (χ3n) is 5.99. The number of aliphatic hydroxyl groups excluding tert-OH is 1. The van der Waals surface area contributed by atoms with Gasteiger partial charge in [-0.1, -0.05) is 12.1 Å². The third kappa shape index (κ3) is 4.43. The molecule has 0 radical (unpaired) electrons. The summed E-state index contributed by atoms with van der Waals surface area (Å²) in [6.07, 6.45) is 3.22. The number of ketones is 1. The van der Waals surface area contributed by atoms with E-state index in [0.29, 0.717) is 34.1 Å². The maximum Gasteiger partial charge on any atom is 0.295 e. The molecule has 4 rings (SSSR count). The van der Waals surface area contributed by atoms with E-state index in [1.807, 2.05) is 0 Å². The van der Waals surface area contributed by atoms with Gasteiger partial charge in [-0.05, 0) is 47.5 Å². The van der Waals surface area contributed by atoms with Crippen molar-refractivity contribution < 1.29 is 33.6 Å². The molecule has 2 heterocycles. The normalized spacial score (nSPS) is 16.7. The standard InChI is InChI=1S/C27H26N2O7/c1-33-19-7-5-6-17(12-19)24(30)22-23(18-13-20(34-2)26(36-4)21(14-18)35-3)29(27(32)25(22)31)15-16-8-10-28-11-9-16/h5-14,23,30H,15H2,1-4H3/b24-22+. The lowest BCUT2D eigenvalue weighted by Gasteiger charge is -2.26. The number of carbonyl (C=O) groups is 2. The predicted octanol–water partition coefficient (Wildman–Crippen LogP) is 3.74. The fraction of sp³-hybridized carbons (Fsp3) is 0.222. The van der Waals surface area contributed by atoms with Crippen molar-refractivity contribution in [1.82, 2.24) is 9.88 Å². The Labute approximate surface area is 208 Å². The van der Waals surface area contributed by atoms with Gasteiger partial charge in [0.2, 0.25) is 5.75 Å². The first kappa shape index (κ1) is 24.6. The molecule has 9 heteroatoms. The van der Waals surface area contributed by atoms with Gasteiger partial charge >= 0.3 is 0 Å². The number of methoxy groups -OCH3 is 4. The Balaban J connectivity index is 1.95. The molecule has 3 aromatic rings. The van der Waals surface area contributed by atoms with Crippen molar-refractivity contribution in [2.45, 2.75) is 12.6 Å². The van der Waals surface area contributed by atoms with Crippen LogP contribution < -0.4 is 18.9 Å². The van der Waals surface area contributed by atoms with Gasteiger partial charge in [-0.3, -0.25) is 14.6 Å². The number of hydrogen-bond donors (Lipinski definition) is 1. The zero-order valence-corrected chi connectivity index (χ0v) is 20.3. The highest BCUT2D eigenvalue weighted by atomic mass is 16.5. The highest BCUT2D eigenvalue weighted by molar-refractivity contribution is 6.46. The van der Waals surface area contributed by atoms with Crippen LogP contribution in [0.3, 0.4) is 0 Å². The molecule has 1 atom stereocenters. The Bertz CT molecular complexity index is 1300. The van der Waals surface area contributed by atoms with Gasteiger partial charge in [0.1, 0.15) is 11.5 Å². The fourth-order valence-electron chi connectivity index (χ4n) is 4.26. The molecular formula is C27H26N2O7. The largest absolute Gasteiger partial charge is 0.507 e. The van der Waals surface area contributed by atoms with Crippen LogP contribution in [0, 0.1) is 0 Å². The average Bonchev–Trinajstić information content (AvgIpc) is 3.17. The summed E-state index contributed by atoms with van der Waals surface area (Å²) in [7, 11) is 5.94. The van der Waals surface area contributed by atoms with Gasteiger partial charge in [-0.15, -0.1) is 0 Å². The first-order valence-electron chi connectivity index (χ1n) is 11.0. The summed E-state index contributed by atoms with van der Waals surface area (Å²) in [5.41, 5.74) is 1.55. The van der Waals surface area contributed by atoms with Crippen LogP contribution in [0.2, 0.25) is 0 Å². The lowest BCUT2D eigenvalue weighted by molar-refractivity contribution is -0.140. The Morgan fingerprint density at radius 3 is 2.17 bits per heavy atom. The van der Waals surface area contributed by atoms with Crippen molar-refractivity contribution >= 4 is 17.4 Å². The molecule has 36 heavy (non-hydrogen) atoms.